The van der Waals surface area contributed by atoms with Gasteiger partial charge in [-0.25, -0.2) is 8.42 Å². The number of hydrogen-bond acceptors (Lipinski definition) is 4. The van der Waals surface area contributed by atoms with Crippen LogP contribution in [0.3, 0.4) is 0 Å². The third kappa shape index (κ3) is 5.80. The van der Waals surface area contributed by atoms with Crippen molar-refractivity contribution >= 4 is 27.3 Å². The average molecular weight is 500 g/mol. The van der Waals surface area contributed by atoms with Crippen LogP contribution in [0, 0.1) is 6.92 Å². The van der Waals surface area contributed by atoms with Crippen LogP contribution in [0.15, 0.2) is 96.0 Å². The minimum atomic E-state index is -3.78. The smallest absolute Gasteiger partial charge is 0.261 e. The molecule has 0 saturated heterocycles. The Morgan fingerprint density at radius 1 is 0.833 bits per heavy atom. The van der Waals surface area contributed by atoms with Gasteiger partial charge in [-0.15, -0.1) is 0 Å². The normalized spacial score (nSPS) is 11.7. The molecule has 0 radical (unpaired) electrons. The number of pyridine rings is 1. The SMILES string of the molecule is Cc1ccc(S(=O)(=O)Nc2cccnc2-c2ccc(C(=O)Nc3ccc(C(C)(C)C)cc3)cc2)cc1. The lowest BCUT2D eigenvalue weighted by atomic mass is 9.87. The molecule has 0 unspecified atom stereocenters. The van der Waals surface area contributed by atoms with E-state index in [4.69, 9.17) is 0 Å². The molecule has 0 atom stereocenters. The van der Waals surface area contributed by atoms with Gasteiger partial charge in [-0.2, -0.15) is 0 Å². The molecule has 0 aliphatic carbocycles. The van der Waals surface area contributed by atoms with Gasteiger partial charge in [-0.1, -0.05) is 62.7 Å². The van der Waals surface area contributed by atoms with Gasteiger partial charge in [0.2, 0.25) is 0 Å². The van der Waals surface area contributed by atoms with Gasteiger partial charge in [-0.3, -0.25) is 14.5 Å². The highest BCUT2D eigenvalue weighted by molar-refractivity contribution is 7.92. The summed E-state index contributed by atoms with van der Waals surface area (Å²) < 4.78 is 28.4. The summed E-state index contributed by atoms with van der Waals surface area (Å²) in [6, 6.07) is 24.7. The number of aromatic nitrogens is 1. The van der Waals surface area contributed by atoms with Crippen molar-refractivity contribution in [3.05, 3.63) is 108 Å². The van der Waals surface area contributed by atoms with Crippen molar-refractivity contribution in [3.8, 4) is 11.3 Å². The highest BCUT2D eigenvalue weighted by Gasteiger charge is 2.18. The van der Waals surface area contributed by atoms with Crippen LogP contribution < -0.4 is 10.0 Å². The predicted molar refractivity (Wildman–Crippen MR) is 145 cm³/mol. The van der Waals surface area contributed by atoms with Gasteiger partial charge in [0.25, 0.3) is 15.9 Å². The fraction of sp³-hybridized carbons (Fsp3) is 0.172. The van der Waals surface area contributed by atoms with Gasteiger partial charge in [0.15, 0.2) is 0 Å². The minimum Gasteiger partial charge on any atom is -0.322 e. The molecule has 36 heavy (non-hydrogen) atoms. The molecule has 0 aliphatic heterocycles. The van der Waals surface area contributed by atoms with E-state index in [1.807, 2.05) is 31.2 Å². The summed E-state index contributed by atoms with van der Waals surface area (Å²) in [6.07, 6.45) is 1.60. The molecule has 3 aromatic carbocycles. The number of carbonyl (C=O) groups is 1. The molecule has 7 heteroatoms. The molecule has 184 valence electrons. The van der Waals surface area contributed by atoms with Crippen molar-refractivity contribution < 1.29 is 13.2 Å². The molecule has 0 saturated carbocycles. The van der Waals surface area contributed by atoms with Crippen LogP contribution in [0.4, 0.5) is 11.4 Å². The van der Waals surface area contributed by atoms with E-state index in [9.17, 15) is 13.2 Å². The largest absolute Gasteiger partial charge is 0.322 e. The number of hydrogen-bond donors (Lipinski definition) is 2. The van der Waals surface area contributed by atoms with Crippen LogP contribution >= 0.6 is 0 Å². The lowest BCUT2D eigenvalue weighted by Gasteiger charge is -2.19. The number of nitrogens with zero attached hydrogens (tertiary/aromatic N) is 1. The standard InChI is InChI=1S/C29H29N3O3S/c1-20-7-17-25(18-8-20)36(34,35)32-26-6-5-19-30-27(26)21-9-11-22(12-10-21)28(33)31-24-15-13-23(14-16-24)29(2,3)4/h5-19,32H,1-4H3,(H,31,33). The number of rotatable bonds is 6. The molecular weight excluding hydrogens is 470 g/mol. The van der Waals surface area contributed by atoms with Gasteiger partial charge in [0.1, 0.15) is 0 Å². The molecule has 6 nitrogen and oxygen atoms in total. The first-order chi connectivity index (χ1) is 17.0. The maximum absolute atomic E-state index is 12.9. The lowest BCUT2D eigenvalue weighted by Crippen LogP contribution is -2.14. The van der Waals surface area contributed by atoms with Gasteiger partial charge >= 0.3 is 0 Å². The Morgan fingerprint density at radius 2 is 1.47 bits per heavy atom. The van der Waals surface area contributed by atoms with Crippen LogP contribution in [0.5, 0.6) is 0 Å². The second kappa shape index (κ2) is 9.95. The summed E-state index contributed by atoms with van der Waals surface area (Å²) >= 11 is 0. The highest BCUT2D eigenvalue weighted by atomic mass is 32.2. The molecule has 0 fully saturated rings. The Balaban J connectivity index is 1.52. The Labute approximate surface area is 212 Å². The highest BCUT2D eigenvalue weighted by Crippen LogP contribution is 2.28. The summed E-state index contributed by atoms with van der Waals surface area (Å²) in [7, 11) is -3.78. The first-order valence-electron chi connectivity index (χ1n) is 11.6. The molecule has 1 amide bonds. The maximum Gasteiger partial charge on any atom is 0.261 e. The summed E-state index contributed by atoms with van der Waals surface area (Å²) in [5, 5.41) is 2.91. The van der Waals surface area contributed by atoms with Crippen LogP contribution in [0.25, 0.3) is 11.3 Å². The van der Waals surface area contributed by atoms with E-state index in [0.29, 0.717) is 22.5 Å². The van der Waals surface area contributed by atoms with Crippen molar-refractivity contribution in [3.63, 3.8) is 0 Å². The van der Waals surface area contributed by atoms with Crippen LogP contribution in [-0.2, 0) is 15.4 Å². The molecule has 0 spiro atoms. The van der Waals surface area contributed by atoms with Crippen LogP contribution in [0.2, 0.25) is 0 Å². The lowest BCUT2D eigenvalue weighted by molar-refractivity contribution is 0.102. The molecule has 1 heterocycles. The van der Waals surface area contributed by atoms with Crippen LogP contribution in [-0.4, -0.2) is 19.3 Å². The summed E-state index contributed by atoms with van der Waals surface area (Å²) in [5.41, 5.74) is 4.91. The summed E-state index contributed by atoms with van der Waals surface area (Å²) in [6.45, 7) is 8.32. The molecule has 0 aliphatic rings. The Morgan fingerprint density at radius 3 is 2.08 bits per heavy atom. The third-order valence-electron chi connectivity index (χ3n) is 5.81. The topological polar surface area (TPSA) is 88.2 Å². The van der Waals surface area contributed by atoms with E-state index >= 15 is 0 Å². The van der Waals surface area contributed by atoms with Crippen molar-refractivity contribution in [1.82, 2.24) is 4.98 Å². The van der Waals surface area contributed by atoms with E-state index in [0.717, 1.165) is 11.3 Å². The molecular formula is C29H29N3O3S. The maximum atomic E-state index is 12.9. The first kappa shape index (κ1) is 25.1. The first-order valence-corrected chi connectivity index (χ1v) is 13.1. The second-order valence-corrected chi connectivity index (χ2v) is 11.4. The number of nitrogens with one attached hydrogen (secondary N) is 2. The monoisotopic (exact) mass is 499 g/mol. The van der Waals surface area contributed by atoms with Crippen molar-refractivity contribution in [2.45, 2.75) is 38.0 Å². The summed E-state index contributed by atoms with van der Waals surface area (Å²) in [5.74, 6) is -0.230. The number of amides is 1. The quantitative estimate of drug-likeness (QED) is 0.321. The predicted octanol–water partition coefficient (Wildman–Crippen LogP) is 6.41. The molecule has 4 rings (SSSR count). The fourth-order valence-electron chi connectivity index (χ4n) is 3.68. The molecule has 1 aromatic heterocycles. The van der Waals surface area contributed by atoms with Gasteiger partial charge in [0.05, 0.1) is 16.3 Å². The number of carbonyl (C=O) groups excluding carboxylic acids is 1. The van der Waals surface area contributed by atoms with E-state index in [-0.39, 0.29) is 16.2 Å². The van der Waals surface area contributed by atoms with Gasteiger partial charge in [-0.05, 0) is 66.4 Å². The Kier molecular flexibility index (Phi) is 6.95. The minimum absolute atomic E-state index is 0.0387. The van der Waals surface area contributed by atoms with E-state index in [2.05, 4.69) is 35.8 Å². The summed E-state index contributed by atoms with van der Waals surface area (Å²) in [4.78, 5) is 17.3. The van der Waals surface area contributed by atoms with Crippen molar-refractivity contribution in [1.29, 1.82) is 0 Å². The molecule has 2 N–H and O–H groups in total. The van der Waals surface area contributed by atoms with Gasteiger partial charge < -0.3 is 5.32 Å². The van der Waals surface area contributed by atoms with Crippen LogP contribution in [0.1, 0.15) is 42.3 Å². The third-order valence-corrected chi connectivity index (χ3v) is 7.19. The van der Waals surface area contributed by atoms with Crippen molar-refractivity contribution in [2.75, 3.05) is 10.0 Å². The molecule has 4 aromatic rings. The molecule has 0 bridgehead atoms. The zero-order valence-corrected chi connectivity index (χ0v) is 21.6. The fourth-order valence-corrected chi connectivity index (χ4v) is 4.74. The average Bonchev–Trinajstić information content (AvgIpc) is 2.84. The zero-order valence-electron chi connectivity index (χ0n) is 20.7. The number of benzene rings is 3. The van der Waals surface area contributed by atoms with E-state index in [1.165, 1.54) is 5.56 Å². The van der Waals surface area contributed by atoms with E-state index in [1.54, 1.807) is 66.9 Å². The second-order valence-electron chi connectivity index (χ2n) is 9.68. The van der Waals surface area contributed by atoms with Gasteiger partial charge in [0, 0.05) is 23.0 Å². The van der Waals surface area contributed by atoms with Crippen molar-refractivity contribution in [2.24, 2.45) is 0 Å². The number of aryl methyl sites for hydroxylation is 1. The van der Waals surface area contributed by atoms with E-state index < -0.39 is 10.0 Å². The number of anilines is 2. The Hall–Kier alpha value is -3.97. The zero-order chi connectivity index (χ0) is 25.9. The Bertz CT molecular complexity index is 1470. The number of sulfonamides is 1.